The van der Waals surface area contributed by atoms with Gasteiger partial charge in [0.05, 0.1) is 17.8 Å². The minimum absolute atomic E-state index is 0.0265. The number of benzene rings is 2. The first-order valence-corrected chi connectivity index (χ1v) is 9.24. The number of thioether (sulfide) groups is 1. The molecule has 0 aromatic heterocycles. The summed E-state index contributed by atoms with van der Waals surface area (Å²) in [6.45, 7) is 2.59. The van der Waals surface area contributed by atoms with E-state index in [9.17, 15) is 14.9 Å². The summed E-state index contributed by atoms with van der Waals surface area (Å²) in [7, 11) is 3.18. The number of carbonyl (C=O) groups is 1. The average molecular weight is 374 g/mol. The Morgan fingerprint density at radius 2 is 1.85 bits per heavy atom. The molecule has 0 aliphatic heterocycles. The maximum Gasteiger partial charge on any atom is 0.311 e. The van der Waals surface area contributed by atoms with Crippen molar-refractivity contribution in [2.24, 2.45) is 0 Å². The number of amides is 1. The van der Waals surface area contributed by atoms with Gasteiger partial charge in [-0.2, -0.15) is 0 Å². The van der Waals surface area contributed by atoms with Gasteiger partial charge in [-0.05, 0) is 24.1 Å². The van der Waals surface area contributed by atoms with Crippen molar-refractivity contribution in [3.05, 3.63) is 69.3 Å². The number of nitro benzene ring substituents is 1. The zero-order valence-electron chi connectivity index (χ0n) is 15.1. The van der Waals surface area contributed by atoms with Gasteiger partial charge >= 0.3 is 5.69 Å². The van der Waals surface area contributed by atoms with Crippen LogP contribution in [0.2, 0.25) is 0 Å². The quantitative estimate of drug-likeness (QED) is 0.519. The lowest BCUT2D eigenvalue weighted by Crippen LogP contribution is -2.27. The van der Waals surface area contributed by atoms with E-state index in [1.807, 2.05) is 31.2 Å². The van der Waals surface area contributed by atoms with Gasteiger partial charge in [-0.3, -0.25) is 14.9 Å². The third-order valence-corrected chi connectivity index (χ3v) is 4.89. The Kier molecular flexibility index (Phi) is 7.03. The summed E-state index contributed by atoms with van der Waals surface area (Å²) in [5.74, 6) is 1.10. The number of nitro groups is 1. The van der Waals surface area contributed by atoms with E-state index in [4.69, 9.17) is 4.74 Å². The van der Waals surface area contributed by atoms with Crippen LogP contribution in [-0.4, -0.2) is 35.6 Å². The third-order valence-electron chi connectivity index (χ3n) is 3.90. The SMILES string of the molecule is COc1ccc(CSCC(=O)N(C)Cc2ccc(C)cc2)cc1[N+](=O)[O-]. The summed E-state index contributed by atoms with van der Waals surface area (Å²) in [6.07, 6.45) is 0. The molecule has 0 heterocycles. The van der Waals surface area contributed by atoms with Crippen molar-refractivity contribution in [1.29, 1.82) is 0 Å². The molecule has 2 aromatic rings. The van der Waals surface area contributed by atoms with E-state index in [1.165, 1.54) is 30.5 Å². The van der Waals surface area contributed by atoms with Gasteiger partial charge in [0.25, 0.3) is 0 Å². The van der Waals surface area contributed by atoms with Crippen LogP contribution in [0.1, 0.15) is 16.7 Å². The molecule has 2 aromatic carbocycles. The summed E-state index contributed by atoms with van der Waals surface area (Å²) in [4.78, 5) is 24.5. The Bertz CT molecular complexity index is 778. The van der Waals surface area contributed by atoms with Crippen LogP contribution in [0.25, 0.3) is 0 Å². The number of aryl methyl sites for hydroxylation is 1. The Balaban J connectivity index is 1.86. The molecule has 0 aliphatic rings. The molecule has 0 atom stereocenters. The molecular formula is C19H22N2O4S. The van der Waals surface area contributed by atoms with Gasteiger partial charge in [-0.1, -0.05) is 35.9 Å². The van der Waals surface area contributed by atoms with E-state index in [-0.39, 0.29) is 17.3 Å². The van der Waals surface area contributed by atoms with E-state index < -0.39 is 4.92 Å². The zero-order chi connectivity index (χ0) is 19.1. The Hall–Kier alpha value is -2.54. The molecule has 0 saturated heterocycles. The van der Waals surface area contributed by atoms with E-state index in [1.54, 1.807) is 24.1 Å². The number of rotatable bonds is 8. The predicted octanol–water partition coefficient (Wildman–Crippen LogP) is 3.80. The summed E-state index contributed by atoms with van der Waals surface area (Å²) in [5, 5.41) is 11.1. The van der Waals surface area contributed by atoms with Crippen molar-refractivity contribution in [1.82, 2.24) is 4.90 Å². The molecule has 0 fully saturated rings. The number of hydrogen-bond acceptors (Lipinski definition) is 5. The molecule has 0 unspecified atom stereocenters. The molecule has 0 N–H and O–H groups in total. The van der Waals surface area contributed by atoms with Crippen molar-refractivity contribution >= 4 is 23.4 Å². The minimum atomic E-state index is -0.465. The van der Waals surface area contributed by atoms with Crippen molar-refractivity contribution in [3.63, 3.8) is 0 Å². The highest BCUT2D eigenvalue weighted by Crippen LogP contribution is 2.29. The molecule has 26 heavy (non-hydrogen) atoms. The van der Waals surface area contributed by atoms with Crippen LogP contribution in [0.4, 0.5) is 5.69 Å². The number of nitrogens with zero attached hydrogens (tertiary/aromatic N) is 2. The fourth-order valence-electron chi connectivity index (χ4n) is 2.39. The summed E-state index contributed by atoms with van der Waals surface area (Å²) in [6, 6.07) is 12.9. The van der Waals surface area contributed by atoms with Crippen LogP contribution in [0.5, 0.6) is 5.75 Å². The smallest absolute Gasteiger partial charge is 0.311 e. The molecule has 0 radical (unpaired) electrons. The topological polar surface area (TPSA) is 72.7 Å². The number of methoxy groups -OCH3 is 1. The van der Waals surface area contributed by atoms with Crippen molar-refractivity contribution in [2.45, 2.75) is 19.2 Å². The molecule has 138 valence electrons. The lowest BCUT2D eigenvalue weighted by Gasteiger charge is -2.17. The van der Waals surface area contributed by atoms with Gasteiger partial charge < -0.3 is 9.64 Å². The molecule has 0 saturated carbocycles. The summed E-state index contributed by atoms with van der Waals surface area (Å²) in [5.41, 5.74) is 3.00. The van der Waals surface area contributed by atoms with Gasteiger partial charge in [-0.15, -0.1) is 11.8 Å². The monoisotopic (exact) mass is 374 g/mol. The molecule has 0 spiro atoms. The molecule has 6 nitrogen and oxygen atoms in total. The van der Waals surface area contributed by atoms with Crippen molar-refractivity contribution in [3.8, 4) is 5.75 Å². The Morgan fingerprint density at radius 1 is 1.19 bits per heavy atom. The van der Waals surface area contributed by atoms with Crippen molar-refractivity contribution < 1.29 is 14.5 Å². The lowest BCUT2D eigenvalue weighted by molar-refractivity contribution is -0.385. The number of hydrogen-bond donors (Lipinski definition) is 0. The second kappa shape index (κ2) is 9.24. The summed E-state index contributed by atoms with van der Waals surface area (Å²) >= 11 is 1.44. The fraction of sp³-hybridized carbons (Fsp3) is 0.316. The second-order valence-corrected chi connectivity index (χ2v) is 6.98. The predicted molar refractivity (Wildman–Crippen MR) is 103 cm³/mol. The van der Waals surface area contributed by atoms with Crippen LogP contribution >= 0.6 is 11.8 Å². The van der Waals surface area contributed by atoms with Crippen molar-refractivity contribution in [2.75, 3.05) is 19.9 Å². The standard InChI is InChI=1S/C19H22N2O4S/c1-14-4-6-15(7-5-14)11-20(2)19(22)13-26-12-16-8-9-18(25-3)17(10-16)21(23)24/h4-10H,11-13H2,1-3H3. The van der Waals surface area contributed by atoms with E-state index in [0.717, 1.165) is 11.1 Å². The number of ether oxygens (including phenoxy) is 1. The summed E-state index contributed by atoms with van der Waals surface area (Å²) < 4.78 is 4.99. The van der Waals surface area contributed by atoms with Gasteiger partial charge in [0.15, 0.2) is 5.75 Å². The molecule has 0 aliphatic carbocycles. The molecule has 0 bridgehead atoms. The van der Waals surface area contributed by atoms with Gasteiger partial charge in [0, 0.05) is 25.4 Å². The highest BCUT2D eigenvalue weighted by Gasteiger charge is 2.15. The van der Waals surface area contributed by atoms with E-state index in [0.29, 0.717) is 18.1 Å². The van der Waals surface area contributed by atoms with E-state index >= 15 is 0 Å². The fourth-order valence-corrected chi connectivity index (χ4v) is 3.30. The largest absolute Gasteiger partial charge is 0.490 e. The number of carbonyl (C=O) groups excluding carboxylic acids is 1. The lowest BCUT2D eigenvalue weighted by atomic mass is 10.1. The van der Waals surface area contributed by atoms with Crippen LogP contribution in [0, 0.1) is 17.0 Å². The maximum atomic E-state index is 12.3. The molecule has 2 rings (SSSR count). The van der Waals surface area contributed by atoms with Gasteiger partial charge in [-0.25, -0.2) is 0 Å². The Labute approximate surface area is 157 Å². The first-order valence-electron chi connectivity index (χ1n) is 8.09. The average Bonchev–Trinajstić information content (AvgIpc) is 2.63. The normalized spacial score (nSPS) is 10.4. The van der Waals surface area contributed by atoms with E-state index in [2.05, 4.69) is 0 Å². The van der Waals surface area contributed by atoms with Gasteiger partial charge in [0.1, 0.15) is 0 Å². The molecule has 7 heteroatoms. The third kappa shape index (κ3) is 5.49. The van der Waals surface area contributed by atoms with Crippen LogP contribution in [0.15, 0.2) is 42.5 Å². The molecular weight excluding hydrogens is 352 g/mol. The first-order chi connectivity index (χ1) is 12.4. The van der Waals surface area contributed by atoms with Crippen LogP contribution in [0.3, 0.4) is 0 Å². The highest BCUT2D eigenvalue weighted by atomic mass is 32.2. The Morgan fingerprint density at radius 3 is 2.46 bits per heavy atom. The molecule has 1 amide bonds. The minimum Gasteiger partial charge on any atom is -0.490 e. The van der Waals surface area contributed by atoms with Gasteiger partial charge in [0.2, 0.25) is 5.91 Å². The van der Waals surface area contributed by atoms with Crippen LogP contribution < -0.4 is 4.74 Å². The maximum absolute atomic E-state index is 12.3. The second-order valence-electron chi connectivity index (χ2n) is 5.99. The zero-order valence-corrected chi connectivity index (χ0v) is 15.9. The van der Waals surface area contributed by atoms with Crippen LogP contribution in [-0.2, 0) is 17.1 Å². The first kappa shape index (κ1) is 19.8. The highest BCUT2D eigenvalue weighted by molar-refractivity contribution is 7.99.